The molecule has 1 amide bonds. The van der Waals surface area contributed by atoms with Crippen LogP contribution in [0, 0.1) is 0 Å². The first-order chi connectivity index (χ1) is 10.2. The van der Waals surface area contributed by atoms with E-state index in [2.05, 4.69) is 27.3 Å². The van der Waals surface area contributed by atoms with E-state index >= 15 is 0 Å². The summed E-state index contributed by atoms with van der Waals surface area (Å²) in [5.74, 6) is -0.173. The molecule has 1 heterocycles. The average molecular weight is 285 g/mol. The van der Waals surface area contributed by atoms with Crippen LogP contribution in [0.5, 0.6) is 0 Å². The number of anilines is 1. The molecule has 0 spiro atoms. The zero-order valence-electron chi connectivity index (χ0n) is 12.0. The Morgan fingerprint density at radius 2 is 1.95 bits per heavy atom. The van der Waals surface area contributed by atoms with Crippen LogP contribution >= 0.6 is 0 Å². The second kappa shape index (κ2) is 7.28. The summed E-state index contributed by atoms with van der Waals surface area (Å²) in [6.07, 6.45) is 2.27. The van der Waals surface area contributed by atoms with Gasteiger partial charge in [0.1, 0.15) is 0 Å². The number of hydrogen-bond donors (Lipinski definition) is 2. The Morgan fingerprint density at radius 3 is 2.62 bits per heavy atom. The highest BCUT2D eigenvalue weighted by Crippen LogP contribution is 2.10. The summed E-state index contributed by atoms with van der Waals surface area (Å²) in [6, 6.07) is 13.0. The number of nitrogens with one attached hydrogen (secondary N) is 2. The standard InChI is InChI=1S/C16H19N3O2/c1-19(14-6-3-2-4-7-14)11-5-10-17-16(21)13-8-9-15(20)18-12-13/h2-4,6-9,12H,5,10-11H2,1H3,(H,17,21)(H,18,20). The van der Waals surface area contributed by atoms with Gasteiger partial charge in [0, 0.05) is 38.1 Å². The van der Waals surface area contributed by atoms with Crippen LogP contribution in [-0.2, 0) is 0 Å². The molecule has 1 aromatic carbocycles. The van der Waals surface area contributed by atoms with Gasteiger partial charge in [-0.3, -0.25) is 9.59 Å². The van der Waals surface area contributed by atoms with Crippen LogP contribution in [0.2, 0.25) is 0 Å². The monoisotopic (exact) mass is 285 g/mol. The molecule has 0 saturated carbocycles. The first kappa shape index (κ1) is 14.8. The molecule has 0 aliphatic carbocycles. The second-order valence-corrected chi connectivity index (χ2v) is 4.81. The number of rotatable bonds is 6. The predicted octanol–water partition coefficient (Wildman–Crippen LogP) is 1.63. The molecule has 5 heteroatoms. The molecule has 2 rings (SSSR count). The molecule has 5 nitrogen and oxygen atoms in total. The van der Waals surface area contributed by atoms with Gasteiger partial charge in [-0.15, -0.1) is 0 Å². The van der Waals surface area contributed by atoms with E-state index in [9.17, 15) is 9.59 Å². The number of nitrogens with zero attached hydrogens (tertiary/aromatic N) is 1. The van der Waals surface area contributed by atoms with Crippen molar-refractivity contribution in [2.75, 3.05) is 25.0 Å². The lowest BCUT2D eigenvalue weighted by molar-refractivity contribution is 0.0953. The lowest BCUT2D eigenvalue weighted by Gasteiger charge is -2.19. The largest absolute Gasteiger partial charge is 0.375 e. The molecule has 1 aromatic heterocycles. The van der Waals surface area contributed by atoms with Crippen molar-refractivity contribution in [3.63, 3.8) is 0 Å². The number of para-hydroxylation sites is 1. The molecule has 0 fully saturated rings. The number of carbonyl (C=O) groups excluding carboxylic acids is 1. The third kappa shape index (κ3) is 4.49. The average Bonchev–Trinajstić information content (AvgIpc) is 2.52. The fraction of sp³-hybridized carbons (Fsp3) is 0.250. The zero-order valence-corrected chi connectivity index (χ0v) is 12.0. The van der Waals surface area contributed by atoms with Crippen LogP contribution in [0.15, 0.2) is 53.5 Å². The van der Waals surface area contributed by atoms with Gasteiger partial charge in [-0.2, -0.15) is 0 Å². The van der Waals surface area contributed by atoms with Crippen molar-refractivity contribution in [2.45, 2.75) is 6.42 Å². The molecular formula is C16H19N3O2. The van der Waals surface area contributed by atoms with Gasteiger partial charge in [0.25, 0.3) is 5.91 Å². The Bertz CT molecular complexity index is 617. The molecule has 0 bridgehead atoms. The van der Waals surface area contributed by atoms with Gasteiger partial charge in [0.2, 0.25) is 5.56 Å². The lowest BCUT2D eigenvalue weighted by atomic mass is 10.2. The first-order valence-corrected chi connectivity index (χ1v) is 6.90. The topological polar surface area (TPSA) is 65.2 Å². The molecular weight excluding hydrogens is 266 g/mol. The molecule has 2 aromatic rings. The summed E-state index contributed by atoms with van der Waals surface area (Å²) in [6.45, 7) is 1.45. The fourth-order valence-electron chi connectivity index (χ4n) is 1.98. The van der Waals surface area contributed by atoms with Crippen LogP contribution in [-0.4, -0.2) is 31.0 Å². The van der Waals surface area contributed by atoms with E-state index in [1.54, 1.807) is 0 Å². The number of benzene rings is 1. The molecule has 0 radical (unpaired) electrons. The highest BCUT2D eigenvalue weighted by molar-refractivity contribution is 5.93. The summed E-state index contributed by atoms with van der Waals surface area (Å²) >= 11 is 0. The fourth-order valence-corrected chi connectivity index (χ4v) is 1.98. The van der Waals surface area contributed by atoms with E-state index in [1.165, 1.54) is 18.3 Å². The van der Waals surface area contributed by atoms with Crippen molar-refractivity contribution in [1.82, 2.24) is 10.3 Å². The van der Waals surface area contributed by atoms with Crippen molar-refractivity contribution in [3.8, 4) is 0 Å². The summed E-state index contributed by atoms with van der Waals surface area (Å²) < 4.78 is 0. The number of amides is 1. The zero-order chi connectivity index (χ0) is 15.1. The van der Waals surface area contributed by atoms with Crippen molar-refractivity contribution in [2.24, 2.45) is 0 Å². The van der Waals surface area contributed by atoms with Crippen LogP contribution in [0.1, 0.15) is 16.8 Å². The highest BCUT2D eigenvalue weighted by atomic mass is 16.1. The van der Waals surface area contributed by atoms with E-state index in [0.29, 0.717) is 12.1 Å². The molecule has 2 N–H and O–H groups in total. The molecule has 0 atom stereocenters. The summed E-state index contributed by atoms with van der Waals surface area (Å²) in [5.41, 5.74) is 1.41. The van der Waals surface area contributed by atoms with Crippen molar-refractivity contribution < 1.29 is 4.79 Å². The number of pyridine rings is 1. The third-order valence-electron chi connectivity index (χ3n) is 3.20. The van der Waals surface area contributed by atoms with Crippen molar-refractivity contribution >= 4 is 11.6 Å². The van der Waals surface area contributed by atoms with E-state index in [-0.39, 0.29) is 11.5 Å². The van der Waals surface area contributed by atoms with Crippen molar-refractivity contribution in [1.29, 1.82) is 0 Å². The number of carbonyl (C=O) groups is 1. The SMILES string of the molecule is CN(CCCNC(=O)c1ccc(=O)[nH]c1)c1ccccc1. The lowest BCUT2D eigenvalue weighted by Crippen LogP contribution is -2.28. The van der Waals surface area contributed by atoms with E-state index < -0.39 is 0 Å². The minimum Gasteiger partial charge on any atom is -0.375 e. The Balaban J connectivity index is 1.73. The summed E-state index contributed by atoms with van der Waals surface area (Å²) in [4.78, 5) is 27.4. The van der Waals surface area contributed by atoms with E-state index in [1.807, 2.05) is 25.2 Å². The quantitative estimate of drug-likeness (QED) is 0.793. The molecule has 0 aliphatic rings. The molecule has 21 heavy (non-hydrogen) atoms. The molecule has 0 aliphatic heterocycles. The Labute approximate surface area is 123 Å². The second-order valence-electron chi connectivity index (χ2n) is 4.81. The van der Waals surface area contributed by atoms with Crippen molar-refractivity contribution in [3.05, 3.63) is 64.6 Å². The Hall–Kier alpha value is -2.56. The van der Waals surface area contributed by atoms with Crippen LogP contribution in [0.3, 0.4) is 0 Å². The minimum absolute atomic E-state index is 0.173. The highest BCUT2D eigenvalue weighted by Gasteiger charge is 2.05. The van der Waals surface area contributed by atoms with Gasteiger partial charge in [-0.1, -0.05) is 18.2 Å². The van der Waals surface area contributed by atoms with Gasteiger partial charge in [-0.05, 0) is 24.6 Å². The number of aromatic nitrogens is 1. The predicted molar refractivity (Wildman–Crippen MR) is 83.7 cm³/mol. The summed E-state index contributed by atoms with van der Waals surface area (Å²) in [7, 11) is 2.03. The summed E-state index contributed by atoms with van der Waals surface area (Å²) in [5, 5.41) is 2.84. The molecule has 0 unspecified atom stereocenters. The number of H-pyrrole nitrogens is 1. The minimum atomic E-state index is -0.212. The normalized spacial score (nSPS) is 10.1. The maximum absolute atomic E-state index is 11.8. The van der Waals surface area contributed by atoms with Crippen LogP contribution < -0.4 is 15.8 Å². The Kier molecular flexibility index (Phi) is 5.15. The van der Waals surface area contributed by atoms with E-state index in [0.717, 1.165) is 18.7 Å². The number of aromatic amines is 1. The van der Waals surface area contributed by atoms with Gasteiger partial charge in [0.15, 0.2) is 0 Å². The van der Waals surface area contributed by atoms with Crippen LogP contribution in [0.25, 0.3) is 0 Å². The van der Waals surface area contributed by atoms with Gasteiger partial charge in [0.05, 0.1) is 5.56 Å². The van der Waals surface area contributed by atoms with E-state index in [4.69, 9.17) is 0 Å². The maximum Gasteiger partial charge on any atom is 0.252 e. The third-order valence-corrected chi connectivity index (χ3v) is 3.20. The maximum atomic E-state index is 11.8. The smallest absolute Gasteiger partial charge is 0.252 e. The van der Waals surface area contributed by atoms with Crippen LogP contribution in [0.4, 0.5) is 5.69 Å². The van der Waals surface area contributed by atoms with Gasteiger partial charge in [-0.25, -0.2) is 0 Å². The van der Waals surface area contributed by atoms with Gasteiger partial charge < -0.3 is 15.2 Å². The first-order valence-electron chi connectivity index (χ1n) is 6.90. The molecule has 0 saturated heterocycles. The molecule has 110 valence electrons. The number of hydrogen-bond acceptors (Lipinski definition) is 3. The van der Waals surface area contributed by atoms with Gasteiger partial charge >= 0.3 is 0 Å². The Morgan fingerprint density at radius 1 is 1.19 bits per heavy atom.